The maximum Gasteiger partial charge on any atom is 0.422 e. The van der Waals surface area contributed by atoms with Gasteiger partial charge in [-0.05, 0) is 25.3 Å². The van der Waals surface area contributed by atoms with E-state index in [2.05, 4.69) is 34.5 Å². The molecule has 6 nitrogen and oxygen atoms in total. The molecule has 28 heavy (non-hydrogen) atoms. The Labute approximate surface area is 181 Å². The number of rotatable bonds is 10. The van der Waals surface area contributed by atoms with Crippen molar-refractivity contribution in [1.29, 1.82) is 0 Å². The van der Waals surface area contributed by atoms with Gasteiger partial charge in [-0.3, -0.25) is 4.99 Å². The minimum Gasteiger partial charge on any atom is -0.468 e. The van der Waals surface area contributed by atoms with E-state index in [1.54, 1.807) is 19.2 Å². The number of nitrogens with zero attached hydrogens (tertiary/aromatic N) is 2. The van der Waals surface area contributed by atoms with Crippen molar-refractivity contribution >= 4 is 29.9 Å². The van der Waals surface area contributed by atoms with Crippen molar-refractivity contribution in [2.75, 3.05) is 26.8 Å². The van der Waals surface area contributed by atoms with E-state index in [1.807, 2.05) is 6.92 Å². The minimum absolute atomic E-state index is 0. The molecule has 10 heteroatoms. The zero-order valence-electron chi connectivity index (χ0n) is 16.7. The van der Waals surface area contributed by atoms with Crippen molar-refractivity contribution in [3.8, 4) is 5.88 Å². The highest BCUT2D eigenvalue weighted by molar-refractivity contribution is 14.0. The Morgan fingerprint density at radius 1 is 1.29 bits per heavy atom. The van der Waals surface area contributed by atoms with Gasteiger partial charge in [0.25, 0.3) is 0 Å². The topological polar surface area (TPSA) is 67.8 Å². The average Bonchev–Trinajstić information content (AvgIpc) is 2.61. The molecule has 162 valence electrons. The first-order valence-electron chi connectivity index (χ1n) is 8.96. The van der Waals surface area contributed by atoms with Crippen molar-refractivity contribution in [3.05, 3.63) is 23.9 Å². The van der Waals surface area contributed by atoms with Gasteiger partial charge < -0.3 is 20.1 Å². The van der Waals surface area contributed by atoms with E-state index in [4.69, 9.17) is 9.47 Å². The Bertz CT molecular complexity index is 586. The van der Waals surface area contributed by atoms with E-state index in [-0.39, 0.29) is 42.5 Å². The molecule has 1 aromatic heterocycles. The van der Waals surface area contributed by atoms with Crippen LogP contribution in [0.1, 0.15) is 32.8 Å². The molecular weight excluding hydrogens is 488 g/mol. The molecule has 1 heterocycles. The number of alkyl halides is 3. The van der Waals surface area contributed by atoms with Crippen LogP contribution in [0.3, 0.4) is 0 Å². The highest BCUT2D eigenvalue weighted by atomic mass is 127. The second-order valence-electron chi connectivity index (χ2n) is 6.25. The molecule has 0 aromatic carbocycles. The zero-order chi connectivity index (χ0) is 20.3. The summed E-state index contributed by atoms with van der Waals surface area (Å²) in [7, 11) is 1.63. The van der Waals surface area contributed by atoms with Crippen LogP contribution in [0.15, 0.2) is 23.3 Å². The molecule has 2 N–H and O–H groups in total. The Balaban J connectivity index is 0.00000729. The number of halogens is 4. The molecule has 0 bridgehead atoms. The van der Waals surface area contributed by atoms with Gasteiger partial charge >= 0.3 is 6.18 Å². The van der Waals surface area contributed by atoms with Crippen LogP contribution in [-0.2, 0) is 11.3 Å². The molecule has 0 amide bonds. The number of guanidine groups is 1. The van der Waals surface area contributed by atoms with Crippen LogP contribution >= 0.6 is 24.0 Å². The summed E-state index contributed by atoms with van der Waals surface area (Å²) in [6.45, 7) is 6.37. The van der Waals surface area contributed by atoms with Crippen LogP contribution in [0.5, 0.6) is 5.88 Å². The van der Waals surface area contributed by atoms with Crippen LogP contribution in [0, 0.1) is 5.92 Å². The molecular formula is C18H30F3IN4O2. The second kappa shape index (κ2) is 13.8. The molecule has 0 aliphatic rings. The average molecular weight is 518 g/mol. The maximum atomic E-state index is 12.4. The van der Waals surface area contributed by atoms with Gasteiger partial charge in [0.2, 0.25) is 5.88 Å². The van der Waals surface area contributed by atoms with Gasteiger partial charge in [-0.1, -0.05) is 19.9 Å². The fourth-order valence-corrected chi connectivity index (χ4v) is 2.39. The van der Waals surface area contributed by atoms with Crippen molar-refractivity contribution in [2.24, 2.45) is 10.9 Å². The summed E-state index contributed by atoms with van der Waals surface area (Å²) in [6, 6.07) is 3.30. The van der Waals surface area contributed by atoms with Crippen LogP contribution in [-0.4, -0.2) is 50.0 Å². The fraction of sp³-hybridized carbons (Fsp3) is 0.667. The van der Waals surface area contributed by atoms with Gasteiger partial charge in [0, 0.05) is 38.5 Å². The quantitative estimate of drug-likeness (QED) is 0.281. The van der Waals surface area contributed by atoms with Gasteiger partial charge in [-0.25, -0.2) is 4.98 Å². The second-order valence-corrected chi connectivity index (χ2v) is 6.25. The first-order chi connectivity index (χ1) is 12.8. The van der Waals surface area contributed by atoms with E-state index in [0.717, 1.165) is 6.42 Å². The van der Waals surface area contributed by atoms with Crippen molar-refractivity contribution in [1.82, 2.24) is 15.6 Å². The predicted octanol–water partition coefficient (Wildman–Crippen LogP) is 3.76. The molecule has 0 saturated heterocycles. The van der Waals surface area contributed by atoms with Crippen LogP contribution in [0.2, 0.25) is 0 Å². The van der Waals surface area contributed by atoms with Crippen molar-refractivity contribution < 1.29 is 22.6 Å². The number of hydrogen-bond donors (Lipinski definition) is 2. The molecule has 0 radical (unpaired) electrons. The molecule has 1 aromatic rings. The van der Waals surface area contributed by atoms with Crippen LogP contribution in [0.25, 0.3) is 0 Å². The standard InChI is InChI=1S/C18H29F3N4O2.HI/c1-5-26-15(13(2)3)8-10-24-17(22-4)25-11-14-7-6-9-23-16(14)27-12-18(19,20)21;/h6-7,9,13,15H,5,8,10-12H2,1-4H3,(H2,22,24,25);1H. The van der Waals surface area contributed by atoms with E-state index < -0.39 is 12.8 Å². The highest BCUT2D eigenvalue weighted by Gasteiger charge is 2.29. The van der Waals surface area contributed by atoms with Gasteiger partial charge in [0.1, 0.15) is 0 Å². The lowest BCUT2D eigenvalue weighted by Gasteiger charge is -2.21. The third-order valence-corrected chi connectivity index (χ3v) is 3.74. The smallest absolute Gasteiger partial charge is 0.422 e. The van der Waals surface area contributed by atoms with E-state index >= 15 is 0 Å². The number of nitrogens with one attached hydrogen (secondary N) is 2. The summed E-state index contributed by atoms with van der Waals surface area (Å²) in [6.07, 6.45) is -2.05. The summed E-state index contributed by atoms with van der Waals surface area (Å²) in [5.41, 5.74) is 0.513. The van der Waals surface area contributed by atoms with Gasteiger partial charge in [0.05, 0.1) is 6.10 Å². The predicted molar refractivity (Wildman–Crippen MR) is 114 cm³/mol. The summed E-state index contributed by atoms with van der Waals surface area (Å²) < 4.78 is 47.5. The Hall–Kier alpha value is -1.30. The largest absolute Gasteiger partial charge is 0.468 e. The fourth-order valence-electron chi connectivity index (χ4n) is 2.39. The van der Waals surface area contributed by atoms with Crippen molar-refractivity contribution in [2.45, 2.75) is 46.0 Å². The summed E-state index contributed by atoms with van der Waals surface area (Å²) in [5, 5.41) is 6.23. The number of ether oxygens (including phenoxy) is 2. The molecule has 0 aliphatic heterocycles. The molecule has 1 atom stereocenters. The molecule has 1 rings (SSSR count). The van der Waals surface area contributed by atoms with Gasteiger partial charge in [-0.15, -0.1) is 24.0 Å². The third kappa shape index (κ3) is 10.9. The van der Waals surface area contributed by atoms with Crippen LogP contribution < -0.4 is 15.4 Å². The molecule has 0 fully saturated rings. The highest BCUT2D eigenvalue weighted by Crippen LogP contribution is 2.19. The number of aromatic nitrogens is 1. The van der Waals surface area contributed by atoms with E-state index in [1.165, 1.54) is 6.20 Å². The third-order valence-electron chi connectivity index (χ3n) is 3.74. The molecule has 1 unspecified atom stereocenters. The lowest BCUT2D eigenvalue weighted by molar-refractivity contribution is -0.154. The van der Waals surface area contributed by atoms with Gasteiger partial charge in [0.15, 0.2) is 12.6 Å². The molecule has 0 aliphatic carbocycles. The Morgan fingerprint density at radius 3 is 2.57 bits per heavy atom. The summed E-state index contributed by atoms with van der Waals surface area (Å²) in [4.78, 5) is 7.99. The molecule has 0 spiro atoms. The lowest BCUT2D eigenvalue weighted by atomic mass is 10.0. The normalized spacial score (nSPS) is 13.1. The number of aliphatic imine (C=N–C) groups is 1. The lowest BCUT2D eigenvalue weighted by Crippen LogP contribution is -2.39. The zero-order valence-corrected chi connectivity index (χ0v) is 19.0. The number of hydrogen-bond acceptors (Lipinski definition) is 4. The first-order valence-corrected chi connectivity index (χ1v) is 8.96. The number of pyridine rings is 1. The molecule has 0 saturated carbocycles. The Kier molecular flexibility index (Phi) is 13.2. The van der Waals surface area contributed by atoms with Gasteiger partial charge in [-0.2, -0.15) is 13.2 Å². The SMILES string of the molecule is CCOC(CCNC(=NC)NCc1cccnc1OCC(F)(F)F)C(C)C.I. The first kappa shape index (κ1) is 26.7. The maximum absolute atomic E-state index is 12.4. The van der Waals surface area contributed by atoms with Crippen molar-refractivity contribution in [3.63, 3.8) is 0 Å². The minimum atomic E-state index is -4.41. The van der Waals surface area contributed by atoms with E-state index in [9.17, 15) is 13.2 Å². The summed E-state index contributed by atoms with van der Waals surface area (Å²) in [5.74, 6) is 0.902. The van der Waals surface area contributed by atoms with Crippen LogP contribution in [0.4, 0.5) is 13.2 Å². The van der Waals surface area contributed by atoms with E-state index in [0.29, 0.717) is 30.6 Å². The Morgan fingerprint density at radius 2 is 2.00 bits per heavy atom. The summed E-state index contributed by atoms with van der Waals surface area (Å²) >= 11 is 0. The monoisotopic (exact) mass is 518 g/mol.